The minimum absolute atomic E-state index is 0.0165. The van der Waals surface area contributed by atoms with Crippen molar-refractivity contribution in [2.45, 2.75) is 104 Å². The van der Waals surface area contributed by atoms with Gasteiger partial charge in [-0.15, -0.1) is 0 Å². The van der Waals surface area contributed by atoms with Gasteiger partial charge in [0.2, 0.25) is 0 Å². The van der Waals surface area contributed by atoms with E-state index in [1.807, 2.05) is 20.8 Å². The predicted octanol–water partition coefficient (Wildman–Crippen LogP) is 5.30. The highest BCUT2D eigenvalue weighted by Crippen LogP contribution is 2.32. The number of nitrogens with two attached hydrogens (primary N) is 1. The molecule has 39 heavy (non-hydrogen) atoms. The lowest BCUT2D eigenvalue weighted by Crippen LogP contribution is -2.51. The van der Waals surface area contributed by atoms with Gasteiger partial charge in [-0.05, 0) is 37.0 Å². The zero-order valence-electron chi connectivity index (χ0n) is 24.5. The summed E-state index contributed by atoms with van der Waals surface area (Å²) in [5.41, 5.74) is 5.53. The molecular formula is C30H47NO8. The zero-order valence-corrected chi connectivity index (χ0v) is 24.5. The maximum absolute atomic E-state index is 12.7. The Morgan fingerprint density at radius 1 is 0.872 bits per heavy atom. The molecule has 0 heterocycles. The van der Waals surface area contributed by atoms with Crippen LogP contribution in [0.15, 0.2) is 18.2 Å². The third-order valence-corrected chi connectivity index (χ3v) is 6.58. The number of unbranched alkanes of at least 4 members (excludes halogenated alkanes) is 2. The van der Waals surface area contributed by atoms with Gasteiger partial charge < -0.3 is 24.7 Å². The van der Waals surface area contributed by atoms with Crippen molar-refractivity contribution >= 4 is 23.9 Å². The van der Waals surface area contributed by atoms with Gasteiger partial charge in [-0.2, -0.15) is 0 Å². The molecule has 2 N–H and O–H groups in total. The number of carbonyl (C=O) groups is 4. The molecule has 0 aliphatic rings. The zero-order chi connectivity index (χ0) is 29.4. The monoisotopic (exact) mass is 549 g/mol. The normalized spacial score (nSPS) is 14.0. The van der Waals surface area contributed by atoms with Gasteiger partial charge in [0.15, 0.2) is 11.5 Å². The summed E-state index contributed by atoms with van der Waals surface area (Å²) >= 11 is 0. The smallest absolute Gasteiger partial charge is 0.326 e. The van der Waals surface area contributed by atoms with Crippen molar-refractivity contribution in [1.82, 2.24) is 0 Å². The molecular weight excluding hydrogens is 502 g/mol. The third kappa shape index (κ3) is 11.8. The molecule has 0 radical (unpaired) electrons. The molecule has 0 saturated carbocycles. The number of hydrogen-bond acceptors (Lipinski definition) is 9. The van der Waals surface area contributed by atoms with Crippen molar-refractivity contribution in [3.05, 3.63) is 23.8 Å². The van der Waals surface area contributed by atoms with Crippen molar-refractivity contribution < 1.29 is 38.1 Å². The molecule has 0 spiro atoms. The maximum Gasteiger partial charge on any atom is 0.326 e. The molecule has 3 atom stereocenters. The van der Waals surface area contributed by atoms with E-state index in [1.165, 1.54) is 13.2 Å². The molecule has 0 aromatic heterocycles. The number of rotatable bonds is 18. The van der Waals surface area contributed by atoms with Crippen LogP contribution in [0.1, 0.15) is 98.0 Å². The number of carbonyl (C=O) groups excluding carboxylic acids is 4. The van der Waals surface area contributed by atoms with Crippen molar-refractivity contribution in [2.75, 3.05) is 13.7 Å². The van der Waals surface area contributed by atoms with Crippen LogP contribution in [0, 0.1) is 11.8 Å². The summed E-state index contributed by atoms with van der Waals surface area (Å²) in [5.74, 6) is -2.35. The Morgan fingerprint density at radius 2 is 1.46 bits per heavy atom. The molecule has 1 rings (SSSR count). The minimum atomic E-state index is -1.50. The number of benzene rings is 1. The van der Waals surface area contributed by atoms with Crippen LogP contribution < -0.4 is 15.2 Å². The summed E-state index contributed by atoms with van der Waals surface area (Å²) in [5, 5.41) is 0. The standard InChI is InChI=1S/C30H47NO8/c1-7-10-11-14-26(32)37-18-17-30(31,29(35)36-6)20-23-15-16-24(38-27(33)21(4)12-8-2)25(19-23)39-28(34)22(5)13-9-3/h15-16,19,21-22H,7-14,17-18,20,31H2,1-6H3/t21?,22?,30-/m1/s1. The second-order valence-electron chi connectivity index (χ2n) is 10.3. The second kappa shape index (κ2) is 17.6. The van der Waals surface area contributed by atoms with Crippen LogP contribution in [0.4, 0.5) is 0 Å². The van der Waals surface area contributed by atoms with E-state index in [-0.39, 0.29) is 48.8 Å². The van der Waals surface area contributed by atoms with Crippen LogP contribution >= 0.6 is 0 Å². The van der Waals surface area contributed by atoms with Gasteiger partial charge in [-0.25, -0.2) is 0 Å². The largest absolute Gasteiger partial charge is 0.468 e. The van der Waals surface area contributed by atoms with Gasteiger partial charge in [-0.3, -0.25) is 19.2 Å². The number of esters is 4. The molecule has 9 heteroatoms. The summed E-state index contributed by atoms with van der Waals surface area (Å²) in [7, 11) is 1.24. The number of hydrogen-bond donors (Lipinski definition) is 1. The van der Waals surface area contributed by atoms with E-state index < -0.39 is 23.4 Å². The summed E-state index contributed by atoms with van der Waals surface area (Å²) in [6.45, 7) is 9.52. The molecule has 2 unspecified atom stereocenters. The fourth-order valence-electron chi connectivity index (χ4n) is 4.11. The van der Waals surface area contributed by atoms with E-state index in [4.69, 9.17) is 24.7 Å². The summed E-state index contributed by atoms with van der Waals surface area (Å²) in [6, 6.07) is 4.73. The number of ether oxygens (including phenoxy) is 4. The summed E-state index contributed by atoms with van der Waals surface area (Å²) in [6.07, 6.45) is 5.98. The van der Waals surface area contributed by atoms with Crippen LogP contribution in [0.5, 0.6) is 11.5 Å². The third-order valence-electron chi connectivity index (χ3n) is 6.58. The molecule has 9 nitrogen and oxygen atoms in total. The van der Waals surface area contributed by atoms with Crippen molar-refractivity contribution in [2.24, 2.45) is 17.6 Å². The molecule has 220 valence electrons. The Kier molecular flexibility index (Phi) is 15.4. The van der Waals surface area contributed by atoms with E-state index in [2.05, 4.69) is 0 Å². The van der Waals surface area contributed by atoms with Crippen LogP contribution in [0.25, 0.3) is 0 Å². The highest BCUT2D eigenvalue weighted by atomic mass is 16.6. The first-order chi connectivity index (χ1) is 18.5. The summed E-state index contributed by atoms with van der Waals surface area (Å²) in [4.78, 5) is 50.0. The van der Waals surface area contributed by atoms with Crippen LogP contribution in [0.2, 0.25) is 0 Å². The Hall–Kier alpha value is -2.94. The van der Waals surface area contributed by atoms with Gasteiger partial charge in [0.25, 0.3) is 0 Å². The first-order valence-electron chi connectivity index (χ1n) is 14.1. The van der Waals surface area contributed by atoms with Gasteiger partial charge >= 0.3 is 23.9 Å². The van der Waals surface area contributed by atoms with E-state index in [0.29, 0.717) is 24.8 Å². The molecule has 0 aliphatic carbocycles. The molecule has 1 aromatic carbocycles. The van der Waals surface area contributed by atoms with Gasteiger partial charge in [0.05, 0.1) is 25.6 Å². The highest BCUT2D eigenvalue weighted by Gasteiger charge is 2.36. The molecule has 0 bridgehead atoms. The van der Waals surface area contributed by atoms with Crippen molar-refractivity contribution in [3.63, 3.8) is 0 Å². The van der Waals surface area contributed by atoms with Crippen LogP contribution in [-0.4, -0.2) is 43.1 Å². The Morgan fingerprint density at radius 3 is 2.00 bits per heavy atom. The molecule has 0 fully saturated rings. The average molecular weight is 550 g/mol. The Labute approximate surface area is 233 Å². The quantitative estimate of drug-likeness (QED) is 0.147. The lowest BCUT2D eigenvalue weighted by atomic mass is 9.88. The van der Waals surface area contributed by atoms with E-state index in [1.54, 1.807) is 26.0 Å². The topological polar surface area (TPSA) is 131 Å². The molecule has 1 aromatic rings. The lowest BCUT2D eigenvalue weighted by molar-refractivity contribution is -0.151. The first kappa shape index (κ1) is 34.1. The predicted molar refractivity (Wildman–Crippen MR) is 148 cm³/mol. The fourth-order valence-corrected chi connectivity index (χ4v) is 4.11. The van der Waals surface area contributed by atoms with E-state index in [0.717, 1.165) is 32.1 Å². The highest BCUT2D eigenvalue weighted by molar-refractivity contribution is 5.81. The van der Waals surface area contributed by atoms with Crippen LogP contribution in [-0.2, 0) is 35.1 Å². The van der Waals surface area contributed by atoms with Crippen LogP contribution in [0.3, 0.4) is 0 Å². The molecule has 0 aliphatic heterocycles. The Bertz CT molecular complexity index is 947. The minimum Gasteiger partial charge on any atom is -0.468 e. The van der Waals surface area contributed by atoms with Crippen molar-refractivity contribution in [1.29, 1.82) is 0 Å². The molecule has 0 amide bonds. The van der Waals surface area contributed by atoms with Gasteiger partial charge in [0.1, 0.15) is 5.54 Å². The maximum atomic E-state index is 12.7. The van der Waals surface area contributed by atoms with Crippen molar-refractivity contribution in [3.8, 4) is 11.5 Å². The second-order valence-corrected chi connectivity index (χ2v) is 10.3. The van der Waals surface area contributed by atoms with E-state index >= 15 is 0 Å². The first-order valence-corrected chi connectivity index (χ1v) is 14.1. The average Bonchev–Trinajstić information content (AvgIpc) is 2.89. The SMILES string of the molecule is CCCCCC(=O)OCC[C@@](N)(Cc1ccc(OC(=O)C(C)CCC)c(OC(=O)C(C)CCC)c1)C(=O)OC. The fraction of sp³-hybridized carbons (Fsp3) is 0.667. The van der Waals surface area contributed by atoms with Gasteiger partial charge in [-0.1, -0.05) is 66.4 Å². The Balaban J connectivity index is 3.17. The number of methoxy groups -OCH3 is 1. The molecule has 0 saturated heterocycles. The van der Waals surface area contributed by atoms with Gasteiger partial charge in [0, 0.05) is 19.3 Å². The lowest BCUT2D eigenvalue weighted by Gasteiger charge is -2.27. The van der Waals surface area contributed by atoms with E-state index in [9.17, 15) is 19.2 Å². The summed E-state index contributed by atoms with van der Waals surface area (Å²) < 4.78 is 21.5.